The number of alkyl halides is 3. The summed E-state index contributed by atoms with van der Waals surface area (Å²) >= 11 is 7.57. The molecule has 1 N–H and O–H groups in total. The van der Waals surface area contributed by atoms with Crippen molar-refractivity contribution >= 4 is 45.2 Å². The molecular weight excluding hydrogens is 493 g/mol. The van der Waals surface area contributed by atoms with Crippen molar-refractivity contribution in [3.63, 3.8) is 0 Å². The fraction of sp³-hybridized carbons (Fsp3) is 0.148. The second kappa shape index (κ2) is 9.57. The summed E-state index contributed by atoms with van der Waals surface area (Å²) in [7, 11) is 0. The highest BCUT2D eigenvalue weighted by atomic mass is 35.5. The average Bonchev–Trinajstić information content (AvgIpc) is 3.23. The third-order valence-electron chi connectivity index (χ3n) is 5.76. The summed E-state index contributed by atoms with van der Waals surface area (Å²) in [6.45, 7) is 0.424. The van der Waals surface area contributed by atoms with Crippen molar-refractivity contribution in [2.24, 2.45) is 0 Å². The van der Waals surface area contributed by atoms with Gasteiger partial charge < -0.3 is 9.67 Å². The molecule has 5 rings (SSSR count). The summed E-state index contributed by atoms with van der Waals surface area (Å²) in [5.74, 6) is 0.438. The molecule has 0 fully saturated rings. The molecule has 3 nitrogen and oxygen atoms in total. The van der Waals surface area contributed by atoms with Crippen LogP contribution in [0, 0.1) is 0 Å². The van der Waals surface area contributed by atoms with Gasteiger partial charge in [0.2, 0.25) is 0 Å². The third-order valence-corrected chi connectivity index (χ3v) is 7.19. The average molecular weight is 513 g/mol. The van der Waals surface area contributed by atoms with Gasteiger partial charge >= 0.3 is 6.18 Å². The minimum atomic E-state index is -4.39. The highest BCUT2D eigenvalue weighted by Crippen LogP contribution is 2.34. The first-order chi connectivity index (χ1) is 16.8. The molecule has 0 radical (unpaired) electrons. The predicted molar refractivity (Wildman–Crippen MR) is 136 cm³/mol. The van der Waals surface area contributed by atoms with E-state index in [-0.39, 0.29) is 0 Å². The zero-order valence-electron chi connectivity index (χ0n) is 18.3. The standard InChI is InChI=1S/C27H20ClF3N2OS/c28-20-9-10-25-18(13-20)11-12-33(25)15-21(34)16-35-26-14-24(32-23-4-2-1-3-22(23)26)17-5-7-19(8-6-17)27(29,30)31/h1-14,21,34H,15-16H2. The number of fused-ring (bicyclic) bond motifs is 2. The molecule has 0 saturated heterocycles. The molecular formula is C27H20ClF3N2OS. The van der Waals surface area contributed by atoms with E-state index in [0.717, 1.165) is 38.8 Å². The minimum absolute atomic E-state index is 0.424. The predicted octanol–water partition coefficient (Wildman–Crippen LogP) is 7.68. The zero-order chi connectivity index (χ0) is 24.6. The van der Waals surface area contributed by atoms with E-state index >= 15 is 0 Å². The number of thioether (sulfide) groups is 1. The molecule has 2 heterocycles. The number of halogens is 4. The van der Waals surface area contributed by atoms with Gasteiger partial charge in [-0.2, -0.15) is 13.2 Å². The Hall–Kier alpha value is -3.00. The lowest BCUT2D eigenvalue weighted by Crippen LogP contribution is -2.17. The Bertz CT molecular complexity index is 1500. The molecule has 2 aromatic heterocycles. The highest BCUT2D eigenvalue weighted by molar-refractivity contribution is 7.99. The van der Waals surface area contributed by atoms with E-state index in [9.17, 15) is 18.3 Å². The van der Waals surface area contributed by atoms with Gasteiger partial charge in [-0.05, 0) is 48.5 Å². The summed E-state index contributed by atoms with van der Waals surface area (Å²) in [5.41, 5.74) is 2.23. The molecule has 0 aliphatic heterocycles. The number of aromatic nitrogens is 2. The first-order valence-electron chi connectivity index (χ1n) is 10.9. The lowest BCUT2D eigenvalue weighted by atomic mass is 10.1. The second-order valence-corrected chi connectivity index (χ2v) is 9.73. The van der Waals surface area contributed by atoms with E-state index in [4.69, 9.17) is 11.6 Å². The second-order valence-electron chi connectivity index (χ2n) is 8.23. The minimum Gasteiger partial charge on any atom is -0.390 e. The van der Waals surface area contributed by atoms with Gasteiger partial charge in [0.05, 0.1) is 22.9 Å². The number of hydrogen-bond acceptors (Lipinski definition) is 3. The largest absolute Gasteiger partial charge is 0.416 e. The van der Waals surface area contributed by atoms with Crippen LogP contribution in [-0.2, 0) is 12.7 Å². The number of aliphatic hydroxyl groups excluding tert-OH is 1. The van der Waals surface area contributed by atoms with Crippen molar-refractivity contribution in [1.82, 2.24) is 9.55 Å². The summed E-state index contributed by atoms with van der Waals surface area (Å²) in [4.78, 5) is 5.57. The van der Waals surface area contributed by atoms with Gasteiger partial charge in [0.25, 0.3) is 0 Å². The van der Waals surface area contributed by atoms with Gasteiger partial charge in [-0.15, -0.1) is 11.8 Å². The Labute approximate surface area is 209 Å². The van der Waals surface area contributed by atoms with Crippen molar-refractivity contribution in [1.29, 1.82) is 0 Å². The van der Waals surface area contributed by atoms with Crippen LogP contribution < -0.4 is 0 Å². The molecule has 1 atom stereocenters. The molecule has 0 spiro atoms. The maximum atomic E-state index is 13.0. The summed E-state index contributed by atoms with van der Waals surface area (Å²) in [5, 5.41) is 13.4. The Morgan fingerprint density at radius 3 is 2.51 bits per heavy atom. The van der Waals surface area contributed by atoms with E-state index in [1.165, 1.54) is 23.9 Å². The van der Waals surface area contributed by atoms with Crippen molar-refractivity contribution in [3.05, 3.63) is 95.6 Å². The molecule has 8 heteroatoms. The van der Waals surface area contributed by atoms with Crippen LogP contribution in [0.2, 0.25) is 5.02 Å². The number of para-hydroxylation sites is 1. The number of rotatable bonds is 6. The topological polar surface area (TPSA) is 38.1 Å². The van der Waals surface area contributed by atoms with Crippen molar-refractivity contribution in [2.75, 3.05) is 5.75 Å². The quantitative estimate of drug-likeness (QED) is 0.237. The fourth-order valence-electron chi connectivity index (χ4n) is 4.04. The van der Waals surface area contributed by atoms with E-state index in [0.29, 0.717) is 28.6 Å². The van der Waals surface area contributed by atoms with Crippen LogP contribution >= 0.6 is 23.4 Å². The number of nitrogens with zero attached hydrogens (tertiary/aromatic N) is 2. The van der Waals surface area contributed by atoms with Crippen LogP contribution in [0.4, 0.5) is 13.2 Å². The van der Waals surface area contributed by atoms with Crippen LogP contribution in [0.5, 0.6) is 0 Å². The van der Waals surface area contributed by atoms with Gasteiger partial charge in [-0.25, -0.2) is 4.98 Å². The van der Waals surface area contributed by atoms with E-state index < -0.39 is 17.8 Å². The van der Waals surface area contributed by atoms with Crippen molar-refractivity contribution in [3.8, 4) is 11.3 Å². The molecule has 3 aromatic carbocycles. The molecule has 0 aliphatic carbocycles. The van der Waals surface area contributed by atoms with Crippen molar-refractivity contribution < 1.29 is 18.3 Å². The maximum Gasteiger partial charge on any atom is 0.416 e. The van der Waals surface area contributed by atoms with Gasteiger partial charge in [-0.3, -0.25) is 0 Å². The first kappa shape index (κ1) is 23.7. The molecule has 0 bridgehead atoms. The Morgan fingerprint density at radius 1 is 0.971 bits per heavy atom. The van der Waals surface area contributed by atoms with Gasteiger partial charge in [-0.1, -0.05) is 41.9 Å². The summed E-state index contributed by atoms with van der Waals surface area (Å²) in [6.07, 6.45) is -3.07. The first-order valence-corrected chi connectivity index (χ1v) is 12.3. The number of pyridine rings is 1. The molecule has 178 valence electrons. The van der Waals surface area contributed by atoms with Crippen LogP contribution in [0.25, 0.3) is 33.1 Å². The molecule has 0 amide bonds. The Morgan fingerprint density at radius 2 is 1.74 bits per heavy atom. The van der Waals surface area contributed by atoms with Crippen LogP contribution in [0.15, 0.2) is 90.0 Å². The maximum absolute atomic E-state index is 13.0. The molecule has 0 aliphatic rings. The van der Waals surface area contributed by atoms with E-state index in [2.05, 4.69) is 4.98 Å². The monoisotopic (exact) mass is 512 g/mol. The molecule has 5 aromatic rings. The molecule has 35 heavy (non-hydrogen) atoms. The van der Waals surface area contributed by atoms with Crippen LogP contribution in [0.1, 0.15) is 5.56 Å². The van der Waals surface area contributed by atoms with Crippen LogP contribution in [-0.4, -0.2) is 26.5 Å². The molecule has 0 saturated carbocycles. The molecule has 1 unspecified atom stereocenters. The normalized spacial score (nSPS) is 12.9. The number of benzene rings is 3. The van der Waals surface area contributed by atoms with Crippen LogP contribution in [0.3, 0.4) is 0 Å². The summed E-state index contributed by atoms with van der Waals surface area (Å²) in [6, 6.07) is 22.1. The van der Waals surface area contributed by atoms with Crippen molar-refractivity contribution in [2.45, 2.75) is 23.7 Å². The Balaban J connectivity index is 1.38. The zero-order valence-corrected chi connectivity index (χ0v) is 19.9. The van der Waals surface area contributed by atoms with Gasteiger partial charge in [0, 0.05) is 50.3 Å². The smallest absolute Gasteiger partial charge is 0.390 e. The number of aliphatic hydroxyl groups is 1. The van der Waals surface area contributed by atoms with E-state index in [1.54, 1.807) is 0 Å². The highest BCUT2D eigenvalue weighted by Gasteiger charge is 2.30. The lowest BCUT2D eigenvalue weighted by Gasteiger charge is -2.15. The lowest BCUT2D eigenvalue weighted by molar-refractivity contribution is -0.137. The summed E-state index contributed by atoms with van der Waals surface area (Å²) < 4.78 is 40.9. The van der Waals surface area contributed by atoms with Gasteiger partial charge in [0.1, 0.15) is 0 Å². The number of hydrogen-bond donors (Lipinski definition) is 1. The van der Waals surface area contributed by atoms with E-state index in [1.807, 2.05) is 65.4 Å². The van der Waals surface area contributed by atoms with Gasteiger partial charge in [0.15, 0.2) is 0 Å². The SMILES string of the molecule is OC(CSc1cc(-c2ccc(C(F)(F)F)cc2)nc2ccccc12)Cn1ccc2cc(Cl)ccc21. The third kappa shape index (κ3) is 5.17. The fourth-order valence-corrected chi connectivity index (χ4v) is 5.22. The Kier molecular flexibility index (Phi) is 6.49.